The smallest absolute Gasteiger partial charge is 0.262 e. The van der Waals surface area contributed by atoms with E-state index in [9.17, 15) is 4.79 Å². The van der Waals surface area contributed by atoms with Crippen LogP contribution in [0.3, 0.4) is 0 Å². The van der Waals surface area contributed by atoms with Gasteiger partial charge in [0.1, 0.15) is 5.75 Å². The van der Waals surface area contributed by atoms with Crippen LogP contribution in [0.1, 0.15) is 1.43 Å². The minimum absolute atomic E-state index is 0. The van der Waals surface area contributed by atoms with Gasteiger partial charge < -0.3 is 14.6 Å². The van der Waals surface area contributed by atoms with Crippen LogP contribution in [0.5, 0.6) is 5.75 Å². The highest BCUT2D eigenvalue weighted by molar-refractivity contribution is 5.92. The summed E-state index contributed by atoms with van der Waals surface area (Å²) in [5.74, 6) is 0.411. The van der Waals surface area contributed by atoms with Gasteiger partial charge >= 0.3 is 0 Å². The van der Waals surface area contributed by atoms with E-state index < -0.39 is 0 Å². The maximum absolute atomic E-state index is 12.1. The van der Waals surface area contributed by atoms with E-state index in [0.29, 0.717) is 11.4 Å². The van der Waals surface area contributed by atoms with Crippen LogP contribution in [0, 0.1) is 0 Å². The molecule has 2 aromatic heterocycles. The van der Waals surface area contributed by atoms with Gasteiger partial charge in [0.2, 0.25) is 0 Å². The molecule has 0 aliphatic heterocycles. The fourth-order valence-corrected chi connectivity index (χ4v) is 2.73. The third-order valence-electron chi connectivity index (χ3n) is 4.14. The molecule has 0 unspecified atom stereocenters. The lowest BCUT2D eigenvalue weighted by atomic mass is 10.1. The molecular formula is C22H20N4O2. The van der Waals surface area contributed by atoms with Crippen LogP contribution in [0.15, 0.2) is 91.6 Å². The number of carbonyl (C=O) groups excluding carboxylic acids is 1. The van der Waals surface area contributed by atoms with Gasteiger partial charge in [-0.3, -0.25) is 9.78 Å². The summed E-state index contributed by atoms with van der Waals surface area (Å²) in [6.45, 7) is -0.0631. The molecule has 0 aliphatic rings. The number of anilines is 1. The maximum Gasteiger partial charge on any atom is 0.262 e. The summed E-state index contributed by atoms with van der Waals surface area (Å²) >= 11 is 0. The van der Waals surface area contributed by atoms with E-state index in [0.717, 1.165) is 16.9 Å². The lowest BCUT2D eigenvalue weighted by molar-refractivity contribution is -0.118. The fraction of sp³-hybridized carbons (Fsp3) is 0.0455. The van der Waals surface area contributed by atoms with E-state index in [-0.39, 0.29) is 13.9 Å². The number of ether oxygens (including phenoxy) is 1. The molecule has 28 heavy (non-hydrogen) atoms. The van der Waals surface area contributed by atoms with Crippen molar-refractivity contribution >= 4 is 11.6 Å². The standard InChI is InChI=1S/C22H18N4O2.H2/c27-22(15-28-20-10-8-19(9-11-20)26-14-13-23-16-26)25-18-6-4-17(5-7-18)21-3-1-2-12-24-21;/h1-14,16H,15H2,(H,25,27);1H. The Balaban J connectivity index is 0.00000240. The Labute approximate surface area is 164 Å². The van der Waals surface area contributed by atoms with E-state index in [1.807, 2.05) is 77.5 Å². The Morgan fingerprint density at radius 1 is 1.00 bits per heavy atom. The summed E-state index contributed by atoms with van der Waals surface area (Å²) in [6, 6.07) is 20.8. The Morgan fingerprint density at radius 3 is 2.50 bits per heavy atom. The largest absolute Gasteiger partial charge is 0.484 e. The highest BCUT2D eigenvalue weighted by Crippen LogP contribution is 2.19. The highest BCUT2D eigenvalue weighted by atomic mass is 16.5. The van der Waals surface area contributed by atoms with E-state index in [2.05, 4.69) is 15.3 Å². The van der Waals surface area contributed by atoms with Gasteiger partial charge in [-0.15, -0.1) is 0 Å². The van der Waals surface area contributed by atoms with Crippen LogP contribution in [0.25, 0.3) is 16.9 Å². The predicted octanol–water partition coefficient (Wildman–Crippen LogP) is 4.20. The van der Waals surface area contributed by atoms with Crippen molar-refractivity contribution in [1.29, 1.82) is 0 Å². The summed E-state index contributed by atoms with van der Waals surface area (Å²) in [5.41, 5.74) is 3.57. The second-order valence-electron chi connectivity index (χ2n) is 6.09. The van der Waals surface area contributed by atoms with Crippen LogP contribution in [-0.2, 0) is 4.79 Å². The average molecular weight is 372 g/mol. The van der Waals surface area contributed by atoms with E-state index in [1.54, 1.807) is 18.7 Å². The lowest BCUT2D eigenvalue weighted by Gasteiger charge is -2.09. The van der Waals surface area contributed by atoms with Gasteiger partial charge in [-0.1, -0.05) is 18.2 Å². The molecule has 0 saturated heterocycles. The quantitative estimate of drug-likeness (QED) is 0.551. The average Bonchev–Trinajstić information content (AvgIpc) is 3.29. The zero-order chi connectivity index (χ0) is 19.2. The van der Waals surface area contributed by atoms with Crippen molar-refractivity contribution < 1.29 is 11.0 Å². The number of rotatable bonds is 6. The number of hydrogen-bond acceptors (Lipinski definition) is 4. The third kappa shape index (κ3) is 4.24. The fourth-order valence-electron chi connectivity index (χ4n) is 2.73. The number of amides is 1. The summed E-state index contributed by atoms with van der Waals surface area (Å²) in [6.07, 6.45) is 7.06. The first-order valence-electron chi connectivity index (χ1n) is 8.80. The molecule has 0 saturated carbocycles. The van der Waals surface area contributed by atoms with E-state index in [4.69, 9.17) is 4.74 Å². The van der Waals surface area contributed by atoms with Gasteiger partial charge in [-0.2, -0.15) is 0 Å². The number of nitrogens with one attached hydrogen (secondary N) is 1. The molecule has 4 rings (SSSR count). The van der Waals surface area contributed by atoms with E-state index in [1.165, 1.54) is 0 Å². The normalized spacial score (nSPS) is 10.4. The first kappa shape index (κ1) is 17.5. The summed E-state index contributed by atoms with van der Waals surface area (Å²) < 4.78 is 7.45. The van der Waals surface area contributed by atoms with Crippen LogP contribution in [0.2, 0.25) is 0 Å². The van der Waals surface area contributed by atoms with Crippen molar-refractivity contribution in [2.24, 2.45) is 0 Å². The van der Waals surface area contributed by atoms with Gasteiger partial charge in [-0.05, 0) is 48.5 Å². The van der Waals surface area contributed by atoms with Gasteiger partial charge in [0, 0.05) is 37.0 Å². The molecule has 6 heteroatoms. The van der Waals surface area contributed by atoms with Crippen molar-refractivity contribution in [2.45, 2.75) is 0 Å². The third-order valence-corrected chi connectivity index (χ3v) is 4.14. The molecule has 0 atom stereocenters. The number of imidazole rings is 1. The van der Waals surface area contributed by atoms with Crippen molar-refractivity contribution in [2.75, 3.05) is 11.9 Å². The van der Waals surface area contributed by atoms with Gasteiger partial charge in [0.05, 0.1) is 12.0 Å². The lowest BCUT2D eigenvalue weighted by Crippen LogP contribution is -2.20. The van der Waals surface area contributed by atoms with Gasteiger partial charge in [0.15, 0.2) is 6.61 Å². The summed E-state index contributed by atoms with van der Waals surface area (Å²) in [7, 11) is 0. The second kappa shape index (κ2) is 8.18. The van der Waals surface area contributed by atoms with Crippen molar-refractivity contribution in [3.8, 4) is 22.7 Å². The van der Waals surface area contributed by atoms with Crippen molar-refractivity contribution in [1.82, 2.24) is 14.5 Å². The molecule has 0 aliphatic carbocycles. The molecule has 2 heterocycles. The van der Waals surface area contributed by atoms with Crippen molar-refractivity contribution in [3.63, 3.8) is 0 Å². The Hall–Kier alpha value is -3.93. The first-order chi connectivity index (χ1) is 13.8. The molecule has 0 fully saturated rings. The SMILES string of the molecule is O=C(COc1ccc(-n2ccnc2)cc1)Nc1ccc(-c2ccccn2)cc1.[HH]. The predicted molar refractivity (Wildman–Crippen MR) is 109 cm³/mol. The van der Waals surface area contributed by atoms with Crippen LogP contribution in [0.4, 0.5) is 5.69 Å². The number of aromatic nitrogens is 3. The van der Waals surface area contributed by atoms with Crippen LogP contribution < -0.4 is 10.1 Å². The molecule has 0 spiro atoms. The Morgan fingerprint density at radius 2 is 1.82 bits per heavy atom. The monoisotopic (exact) mass is 372 g/mol. The number of pyridine rings is 1. The maximum atomic E-state index is 12.1. The second-order valence-corrected chi connectivity index (χ2v) is 6.09. The molecule has 2 aromatic carbocycles. The van der Waals surface area contributed by atoms with Crippen LogP contribution in [-0.4, -0.2) is 27.0 Å². The zero-order valence-corrected chi connectivity index (χ0v) is 15.0. The number of benzene rings is 2. The van der Waals surface area contributed by atoms with Crippen molar-refractivity contribution in [3.05, 3.63) is 91.6 Å². The summed E-state index contributed by atoms with van der Waals surface area (Å²) in [5, 5.41) is 2.83. The summed E-state index contributed by atoms with van der Waals surface area (Å²) in [4.78, 5) is 20.5. The molecule has 6 nitrogen and oxygen atoms in total. The molecule has 4 aromatic rings. The first-order valence-corrected chi connectivity index (χ1v) is 8.80. The van der Waals surface area contributed by atoms with Gasteiger partial charge in [-0.25, -0.2) is 4.98 Å². The number of hydrogen-bond donors (Lipinski definition) is 1. The topological polar surface area (TPSA) is 69.0 Å². The zero-order valence-electron chi connectivity index (χ0n) is 15.0. The minimum atomic E-state index is -0.218. The molecule has 1 amide bonds. The molecule has 0 radical (unpaired) electrons. The van der Waals surface area contributed by atoms with E-state index >= 15 is 0 Å². The molecular weight excluding hydrogens is 352 g/mol. The highest BCUT2D eigenvalue weighted by Gasteiger charge is 2.05. The Kier molecular flexibility index (Phi) is 5.11. The van der Waals surface area contributed by atoms with Gasteiger partial charge in [0.25, 0.3) is 5.91 Å². The number of carbonyl (C=O) groups is 1. The molecule has 0 bridgehead atoms. The Bertz CT molecular complexity index is 1030. The minimum Gasteiger partial charge on any atom is -0.484 e. The van der Waals surface area contributed by atoms with Crippen LogP contribution >= 0.6 is 0 Å². The molecule has 1 N–H and O–H groups in total. The molecule has 140 valence electrons. The number of nitrogens with zero attached hydrogens (tertiary/aromatic N) is 3.